The molecule has 7 nitrogen and oxygen atoms in total. The largest absolute Gasteiger partial charge is 0.489 e. The van der Waals surface area contributed by atoms with Crippen molar-refractivity contribution in [2.45, 2.75) is 26.9 Å². The molecule has 2 aromatic carbocycles. The monoisotopic (exact) mass is 458 g/mol. The second-order valence-corrected chi connectivity index (χ2v) is 8.66. The van der Waals surface area contributed by atoms with Crippen LogP contribution in [0, 0.1) is 6.92 Å². The average Bonchev–Trinajstić information content (AvgIpc) is 3.44. The van der Waals surface area contributed by atoms with Crippen molar-refractivity contribution in [2.75, 3.05) is 7.11 Å². The molecule has 0 atom stereocenters. The molecule has 0 saturated carbocycles. The first-order chi connectivity index (χ1) is 16.1. The SMILES string of the molecule is CCc1ccc(OCc2ccc(-c3nc4c5c(C)c(C(=O)OC)sc5ncn4n3)cc2)cc1. The second-order valence-electron chi connectivity index (χ2n) is 7.66. The maximum Gasteiger partial charge on any atom is 0.348 e. The number of aryl methyl sites for hydroxylation is 2. The maximum atomic E-state index is 12.1. The number of rotatable bonds is 6. The van der Waals surface area contributed by atoms with E-state index >= 15 is 0 Å². The summed E-state index contributed by atoms with van der Waals surface area (Å²) in [5, 5.41) is 5.41. The zero-order valence-electron chi connectivity index (χ0n) is 18.5. The van der Waals surface area contributed by atoms with Crippen LogP contribution in [0.4, 0.5) is 0 Å². The molecule has 0 spiro atoms. The van der Waals surface area contributed by atoms with Crippen molar-refractivity contribution in [3.63, 3.8) is 0 Å². The molecule has 0 aliphatic carbocycles. The molecule has 166 valence electrons. The van der Waals surface area contributed by atoms with E-state index in [1.54, 1.807) is 10.8 Å². The Morgan fingerprint density at radius 2 is 1.79 bits per heavy atom. The van der Waals surface area contributed by atoms with Gasteiger partial charge in [0.1, 0.15) is 28.4 Å². The molecule has 0 bridgehead atoms. The van der Waals surface area contributed by atoms with Crippen LogP contribution in [0.5, 0.6) is 5.75 Å². The Labute approximate surface area is 194 Å². The van der Waals surface area contributed by atoms with Crippen molar-refractivity contribution < 1.29 is 14.3 Å². The third-order valence-corrected chi connectivity index (χ3v) is 6.77. The summed E-state index contributed by atoms with van der Waals surface area (Å²) in [5.41, 5.74) is 4.71. The number of methoxy groups -OCH3 is 1. The molecule has 5 rings (SSSR count). The lowest BCUT2D eigenvalue weighted by molar-refractivity contribution is 0.0605. The first-order valence-corrected chi connectivity index (χ1v) is 11.4. The minimum Gasteiger partial charge on any atom is -0.489 e. The number of carbonyl (C=O) groups excluding carboxylic acids is 1. The van der Waals surface area contributed by atoms with E-state index in [2.05, 4.69) is 29.1 Å². The Kier molecular flexibility index (Phi) is 5.51. The van der Waals surface area contributed by atoms with E-state index in [-0.39, 0.29) is 5.97 Å². The second kappa shape index (κ2) is 8.63. The summed E-state index contributed by atoms with van der Waals surface area (Å²) < 4.78 is 12.4. The van der Waals surface area contributed by atoms with Crippen LogP contribution in [0.15, 0.2) is 54.9 Å². The smallest absolute Gasteiger partial charge is 0.348 e. The topological polar surface area (TPSA) is 78.6 Å². The summed E-state index contributed by atoms with van der Waals surface area (Å²) in [7, 11) is 1.38. The molecule has 8 heteroatoms. The maximum absolute atomic E-state index is 12.1. The van der Waals surface area contributed by atoms with Gasteiger partial charge in [-0.15, -0.1) is 16.4 Å². The van der Waals surface area contributed by atoms with E-state index in [1.807, 2.05) is 43.3 Å². The summed E-state index contributed by atoms with van der Waals surface area (Å²) >= 11 is 1.30. The molecule has 0 unspecified atom stereocenters. The quantitative estimate of drug-likeness (QED) is 0.324. The summed E-state index contributed by atoms with van der Waals surface area (Å²) in [6.45, 7) is 4.50. The molecule has 33 heavy (non-hydrogen) atoms. The zero-order chi connectivity index (χ0) is 22.9. The molecule has 0 radical (unpaired) electrons. The Morgan fingerprint density at radius 3 is 2.48 bits per heavy atom. The van der Waals surface area contributed by atoms with Crippen LogP contribution in [0.25, 0.3) is 27.3 Å². The van der Waals surface area contributed by atoms with Crippen molar-refractivity contribution in [3.05, 3.63) is 76.4 Å². The molecule has 0 aliphatic rings. The number of nitrogens with zero attached hydrogens (tertiary/aromatic N) is 4. The molecule has 5 aromatic rings. The average molecular weight is 459 g/mol. The molecule has 0 N–H and O–H groups in total. The lowest BCUT2D eigenvalue weighted by Gasteiger charge is -2.07. The van der Waals surface area contributed by atoms with Crippen molar-refractivity contribution >= 4 is 33.2 Å². The van der Waals surface area contributed by atoms with Gasteiger partial charge in [0.15, 0.2) is 11.5 Å². The van der Waals surface area contributed by atoms with Crippen LogP contribution in [-0.4, -0.2) is 32.7 Å². The van der Waals surface area contributed by atoms with Crippen molar-refractivity contribution in [1.82, 2.24) is 19.6 Å². The number of carbonyl (C=O) groups is 1. The van der Waals surface area contributed by atoms with Gasteiger partial charge < -0.3 is 9.47 Å². The molecule has 0 amide bonds. The predicted molar refractivity (Wildman–Crippen MR) is 128 cm³/mol. The summed E-state index contributed by atoms with van der Waals surface area (Å²) in [6.07, 6.45) is 2.63. The lowest BCUT2D eigenvalue weighted by atomic mass is 10.1. The van der Waals surface area contributed by atoms with E-state index in [0.717, 1.165) is 39.1 Å². The highest BCUT2D eigenvalue weighted by atomic mass is 32.1. The fourth-order valence-corrected chi connectivity index (χ4v) is 4.74. The van der Waals surface area contributed by atoms with Crippen molar-refractivity contribution in [1.29, 1.82) is 0 Å². The van der Waals surface area contributed by atoms with Crippen LogP contribution in [0.1, 0.15) is 33.3 Å². The summed E-state index contributed by atoms with van der Waals surface area (Å²) in [4.78, 5) is 22.5. The minimum atomic E-state index is -0.368. The van der Waals surface area contributed by atoms with Crippen molar-refractivity contribution in [3.8, 4) is 17.1 Å². The Bertz CT molecular complexity index is 1450. The minimum absolute atomic E-state index is 0.368. The van der Waals surface area contributed by atoms with Gasteiger partial charge in [0.25, 0.3) is 0 Å². The molecule has 0 fully saturated rings. The lowest BCUT2D eigenvalue weighted by Crippen LogP contribution is -1.99. The van der Waals surface area contributed by atoms with Crippen LogP contribution in [-0.2, 0) is 17.8 Å². The van der Waals surface area contributed by atoms with Crippen molar-refractivity contribution in [2.24, 2.45) is 0 Å². The molecule has 3 heterocycles. The summed E-state index contributed by atoms with van der Waals surface area (Å²) in [6, 6.07) is 16.2. The van der Waals surface area contributed by atoms with E-state index in [1.165, 1.54) is 24.0 Å². The van der Waals surface area contributed by atoms with E-state index in [0.29, 0.717) is 23.0 Å². The predicted octanol–water partition coefficient (Wildman–Crippen LogP) is 5.24. The number of hydrogen-bond acceptors (Lipinski definition) is 7. The van der Waals surface area contributed by atoms with E-state index < -0.39 is 0 Å². The highest BCUT2D eigenvalue weighted by Crippen LogP contribution is 2.32. The van der Waals surface area contributed by atoms with Crippen LogP contribution in [0.2, 0.25) is 0 Å². The third kappa shape index (κ3) is 3.93. The van der Waals surface area contributed by atoms with Gasteiger partial charge in [-0.05, 0) is 42.2 Å². The molecule has 0 saturated heterocycles. The van der Waals surface area contributed by atoms with Gasteiger partial charge in [0.2, 0.25) is 0 Å². The fourth-order valence-electron chi connectivity index (χ4n) is 3.68. The number of thiophene rings is 1. The number of fused-ring (bicyclic) bond motifs is 3. The number of aromatic nitrogens is 4. The van der Waals surface area contributed by atoms with Crippen LogP contribution >= 0.6 is 11.3 Å². The zero-order valence-corrected chi connectivity index (χ0v) is 19.3. The van der Waals surface area contributed by atoms with Gasteiger partial charge in [-0.25, -0.2) is 19.3 Å². The Balaban J connectivity index is 1.40. The number of benzene rings is 2. The van der Waals surface area contributed by atoms with E-state index in [9.17, 15) is 4.79 Å². The Morgan fingerprint density at radius 1 is 1.06 bits per heavy atom. The summed E-state index contributed by atoms with van der Waals surface area (Å²) in [5.74, 6) is 1.08. The van der Waals surface area contributed by atoms with Gasteiger partial charge in [-0.2, -0.15) is 0 Å². The highest BCUT2D eigenvalue weighted by molar-refractivity contribution is 7.20. The van der Waals surface area contributed by atoms with Gasteiger partial charge in [-0.1, -0.05) is 43.3 Å². The molecular weight excluding hydrogens is 436 g/mol. The molecule has 0 aliphatic heterocycles. The molecule has 3 aromatic heterocycles. The standard InChI is InChI=1S/C25H22N4O3S/c1-4-16-7-11-19(12-8-16)32-13-17-5-9-18(10-6-17)22-27-23-20-15(2)21(25(30)31-3)33-24(20)26-14-29(23)28-22/h5-12,14H,4,13H2,1-3H3. The van der Waals surface area contributed by atoms with Crippen LogP contribution < -0.4 is 4.74 Å². The third-order valence-electron chi connectivity index (χ3n) is 5.59. The van der Waals surface area contributed by atoms with Gasteiger partial charge >= 0.3 is 5.97 Å². The normalized spacial score (nSPS) is 11.2. The number of ether oxygens (including phenoxy) is 2. The number of esters is 1. The Hall–Kier alpha value is -3.78. The first-order valence-electron chi connectivity index (χ1n) is 10.6. The van der Waals surface area contributed by atoms with Gasteiger partial charge in [0, 0.05) is 5.56 Å². The van der Waals surface area contributed by atoms with E-state index in [4.69, 9.17) is 14.5 Å². The van der Waals surface area contributed by atoms with Gasteiger partial charge in [0.05, 0.1) is 12.5 Å². The fraction of sp³-hybridized carbons (Fsp3) is 0.200. The van der Waals surface area contributed by atoms with Gasteiger partial charge in [-0.3, -0.25) is 0 Å². The molecular formula is C25H22N4O3S. The highest BCUT2D eigenvalue weighted by Gasteiger charge is 2.20. The van der Waals surface area contributed by atoms with Crippen LogP contribution in [0.3, 0.4) is 0 Å². The number of hydrogen-bond donors (Lipinski definition) is 0. The first kappa shape index (κ1) is 21.1.